The van der Waals surface area contributed by atoms with E-state index in [9.17, 15) is 0 Å². The standard InChI is InChI=1S/C8H18.HO3S.Zn/c1-3-5-7-8-6-4-2;1-4(2)3;/h3-8H2,1-2H3;(H,1,2,3);/q;-1;. The van der Waals surface area contributed by atoms with Gasteiger partial charge in [0, 0.05) is 30.5 Å². The molecule has 0 aromatic carbocycles. The fourth-order valence-corrected chi connectivity index (χ4v) is 0.854. The minimum absolute atomic E-state index is 0. The van der Waals surface area contributed by atoms with E-state index < -0.39 is 11.0 Å². The van der Waals surface area contributed by atoms with Gasteiger partial charge in [-0.3, -0.25) is 0 Å². The van der Waals surface area contributed by atoms with Crippen molar-refractivity contribution in [3.05, 3.63) is 0 Å². The van der Waals surface area contributed by atoms with Crippen LogP contribution in [0.4, 0.5) is 0 Å². The van der Waals surface area contributed by atoms with Gasteiger partial charge in [0.2, 0.25) is 0 Å². The number of rotatable bonds is 5. The summed E-state index contributed by atoms with van der Waals surface area (Å²) >= 11 is 0. The summed E-state index contributed by atoms with van der Waals surface area (Å²) in [7, 11) is -2.86. The molecular weight excluding hydrogens is 242 g/mol. The molecule has 0 amide bonds. The summed E-state index contributed by atoms with van der Waals surface area (Å²) in [4.78, 5) is 0. The van der Waals surface area contributed by atoms with Crippen LogP contribution in [0.1, 0.15) is 52.4 Å². The van der Waals surface area contributed by atoms with Crippen LogP contribution in [0.2, 0.25) is 0 Å². The summed E-state index contributed by atoms with van der Waals surface area (Å²) in [6, 6.07) is 0. The molecule has 0 spiro atoms. The van der Waals surface area contributed by atoms with E-state index in [0.717, 1.165) is 0 Å². The van der Waals surface area contributed by atoms with Gasteiger partial charge < -0.3 is 13.0 Å². The van der Waals surface area contributed by atoms with Gasteiger partial charge in [0.1, 0.15) is 0 Å². The molecule has 0 fully saturated rings. The Morgan fingerprint density at radius 3 is 1.31 bits per heavy atom. The second-order valence-electron chi connectivity index (χ2n) is 2.63. The number of hydrogen-bond acceptors (Lipinski definition) is 3. The van der Waals surface area contributed by atoms with Gasteiger partial charge in [0.15, 0.2) is 0 Å². The zero-order valence-corrected chi connectivity index (χ0v) is 12.4. The predicted molar refractivity (Wildman–Crippen MR) is 50.4 cm³/mol. The van der Waals surface area contributed by atoms with Crippen molar-refractivity contribution in [2.24, 2.45) is 0 Å². The fourth-order valence-electron chi connectivity index (χ4n) is 0.854. The molecular formula is C8H19O3SZn-. The maximum atomic E-state index is 8.56. The van der Waals surface area contributed by atoms with E-state index in [2.05, 4.69) is 13.8 Å². The first-order chi connectivity index (χ1) is 5.65. The van der Waals surface area contributed by atoms with E-state index in [0.29, 0.717) is 0 Å². The molecule has 0 saturated heterocycles. The molecule has 0 rings (SSSR count). The molecule has 3 nitrogen and oxygen atoms in total. The summed E-state index contributed by atoms with van der Waals surface area (Å²) in [6.45, 7) is 4.51. The van der Waals surface area contributed by atoms with Gasteiger partial charge in [-0.15, -0.1) is 0 Å². The molecule has 0 saturated carbocycles. The Bertz CT molecular complexity index is 123. The van der Waals surface area contributed by atoms with E-state index in [1.54, 1.807) is 0 Å². The smallest absolute Gasteiger partial charge is 0.0495 e. The average molecular weight is 261 g/mol. The molecule has 0 bridgehead atoms. The van der Waals surface area contributed by atoms with Crippen LogP contribution in [-0.2, 0) is 38.9 Å². The Morgan fingerprint density at radius 1 is 0.923 bits per heavy atom. The summed E-state index contributed by atoms with van der Waals surface area (Å²) in [6.07, 6.45) is 8.49. The first-order valence-corrected chi connectivity index (χ1v) is 5.46. The second kappa shape index (κ2) is 18.3. The number of hydrogen-bond donors (Lipinski definition) is 1. The van der Waals surface area contributed by atoms with Crippen molar-refractivity contribution in [3.63, 3.8) is 0 Å². The zero-order valence-electron chi connectivity index (χ0n) is 8.62. The fraction of sp³-hybridized carbons (Fsp3) is 1.00. The molecule has 0 aromatic heterocycles. The Morgan fingerprint density at radius 2 is 1.15 bits per heavy atom. The SMILES string of the molecule is CCCCCCCC.O=[S-](=O)O.[Zn]. The summed E-state index contributed by atoms with van der Waals surface area (Å²) in [5.74, 6) is 0. The Hall–Kier alpha value is 0.533. The van der Waals surface area contributed by atoms with Crippen molar-refractivity contribution in [1.29, 1.82) is 0 Å². The van der Waals surface area contributed by atoms with Gasteiger partial charge in [0.05, 0.1) is 0 Å². The first kappa shape index (κ1) is 19.2. The van der Waals surface area contributed by atoms with Crippen LogP contribution in [0.5, 0.6) is 0 Å². The van der Waals surface area contributed by atoms with Gasteiger partial charge >= 0.3 is 0 Å². The topological polar surface area (TPSA) is 54.4 Å². The van der Waals surface area contributed by atoms with Crippen molar-refractivity contribution >= 4 is 11.0 Å². The van der Waals surface area contributed by atoms with Gasteiger partial charge in [-0.1, -0.05) is 52.4 Å². The molecule has 13 heavy (non-hydrogen) atoms. The molecule has 0 aliphatic carbocycles. The van der Waals surface area contributed by atoms with Gasteiger partial charge in [-0.25, -0.2) is 0 Å². The molecule has 0 atom stereocenters. The average Bonchev–Trinajstić information content (AvgIpc) is 1.97. The van der Waals surface area contributed by atoms with Crippen molar-refractivity contribution in [2.75, 3.05) is 0 Å². The quantitative estimate of drug-likeness (QED) is 0.272. The summed E-state index contributed by atoms with van der Waals surface area (Å²) < 4.78 is 24.1. The molecule has 0 unspecified atom stereocenters. The van der Waals surface area contributed by atoms with Crippen molar-refractivity contribution in [2.45, 2.75) is 52.4 Å². The van der Waals surface area contributed by atoms with Crippen LogP contribution in [0, 0.1) is 0 Å². The Labute approximate surface area is 95.8 Å². The van der Waals surface area contributed by atoms with Gasteiger partial charge in [0.25, 0.3) is 0 Å². The monoisotopic (exact) mass is 259 g/mol. The third kappa shape index (κ3) is 45.4. The first-order valence-electron chi connectivity index (χ1n) is 4.43. The van der Waals surface area contributed by atoms with E-state index in [-0.39, 0.29) is 19.5 Å². The van der Waals surface area contributed by atoms with Crippen LogP contribution in [0.25, 0.3) is 0 Å². The van der Waals surface area contributed by atoms with Gasteiger partial charge in [-0.05, 0) is 0 Å². The van der Waals surface area contributed by atoms with E-state index >= 15 is 0 Å². The predicted octanol–water partition coefficient (Wildman–Crippen LogP) is 3.13. The molecule has 1 N–H and O–H groups in total. The molecule has 0 radical (unpaired) electrons. The largest absolute Gasteiger partial charge is 0.439 e. The number of unbranched alkanes of at least 4 members (excludes halogenated alkanes) is 5. The van der Waals surface area contributed by atoms with Crippen molar-refractivity contribution in [1.82, 2.24) is 0 Å². The maximum Gasteiger partial charge on any atom is 0.0495 e. The molecule has 0 aromatic rings. The molecule has 0 aliphatic heterocycles. The molecule has 0 aliphatic rings. The minimum atomic E-state index is -2.86. The van der Waals surface area contributed by atoms with Crippen LogP contribution >= 0.6 is 0 Å². The normalized spacial score (nSPS) is 8.62. The van der Waals surface area contributed by atoms with Crippen LogP contribution in [0.15, 0.2) is 0 Å². The van der Waals surface area contributed by atoms with E-state index in [1.165, 1.54) is 38.5 Å². The Kier molecular flexibility index (Phi) is 27.0. The van der Waals surface area contributed by atoms with Gasteiger partial charge in [-0.2, -0.15) is 0 Å². The van der Waals surface area contributed by atoms with E-state index in [4.69, 9.17) is 13.0 Å². The molecule has 78 valence electrons. The van der Waals surface area contributed by atoms with Crippen molar-refractivity contribution < 1.29 is 32.4 Å². The third-order valence-electron chi connectivity index (χ3n) is 1.46. The molecule has 5 heteroatoms. The van der Waals surface area contributed by atoms with Crippen LogP contribution in [-0.4, -0.2) is 4.55 Å². The van der Waals surface area contributed by atoms with Crippen LogP contribution < -0.4 is 0 Å². The van der Waals surface area contributed by atoms with Crippen molar-refractivity contribution in [3.8, 4) is 0 Å². The second-order valence-corrected chi connectivity index (χ2v) is 3.07. The van der Waals surface area contributed by atoms with Crippen LogP contribution in [0.3, 0.4) is 0 Å². The minimum Gasteiger partial charge on any atom is -0.439 e. The third-order valence-corrected chi connectivity index (χ3v) is 1.46. The van der Waals surface area contributed by atoms with E-state index in [1.807, 2.05) is 0 Å². The summed E-state index contributed by atoms with van der Waals surface area (Å²) in [5.41, 5.74) is 0. The maximum absolute atomic E-state index is 8.56. The Balaban J connectivity index is -0.000000173. The zero-order chi connectivity index (χ0) is 9.82. The molecule has 0 heterocycles. The summed E-state index contributed by atoms with van der Waals surface area (Å²) in [5, 5.41) is 0.